The molecule has 2 N–H and O–H groups in total. The number of piperidine rings is 1. The first-order valence-corrected chi connectivity index (χ1v) is 14.7. The van der Waals surface area contributed by atoms with Gasteiger partial charge in [-0.25, -0.2) is 9.67 Å². The molecule has 3 aliphatic heterocycles. The first-order valence-electron chi connectivity index (χ1n) is 14.7. The lowest BCUT2D eigenvalue weighted by Gasteiger charge is -2.46. The summed E-state index contributed by atoms with van der Waals surface area (Å²) < 4.78 is 1.78. The summed E-state index contributed by atoms with van der Waals surface area (Å²) in [4.78, 5) is 37.7. The van der Waals surface area contributed by atoms with Crippen LogP contribution in [0.15, 0.2) is 42.5 Å². The van der Waals surface area contributed by atoms with Crippen LogP contribution in [-0.4, -0.2) is 88.9 Å². The number of anilines is 2. The number of rotatable bonds is 4. The van der Waals surface area contributed by atoms with Crippen LogP contribution in [0.1, 0.15) is 49.8 Å². The Morgan fingerprint density at radius 2 is 1.63 bits per heavy atom. The lowest BCUT2D eigenvalue weighted by molar-refractivity contribution is -0.119. The summed E-state index contributed by atoms with van der Waals surface area (Å²) in [6, 6.07) is 14.6. The number of nitrogens with one attached hydrogen (secondary N) is 2. The van der Waals surface area contributed by atoms with Gasteiger partial charge in [-0.3, -0.25) is 9.59 Å². The number of amides is 2. The average Bonchev–Trinajstić information content (AvgIpc) is 3.41. The molecule has 0 unspecified atom stereocenters. The van der Waals surface area contributed by atoms with Gasteiger partial charge in [-0.2, -0.15) is 0 Å². The van der Waals surface area contributed by atoms with E-state index in [1.165, 1.54) is 0 Å². The summed E-state index contributed by atoms with van der Waals surface area (Å²) in [7, 11) is 1.85. The van der Waals surface area contributed by atoms with Crippen LogP contribution in [0, 0.1) is 6.92 Å². The van der Waals surface area contributed by atoms with Crippen molar-refractivity contribution in [2.24, 2.45) is 0 Å². The van der Waals surface area contributed by atoms with Crippen molar-refractivity contribution in [1.29, 1.82) is 0 Å². The highest BCUT2D eigenvalue weighted by Gasteiger charge is 2.38. The maximum Gasteiger partial charge on any atom is 0.293 e. The molecule has 3 aliphatic rings. The summed E-state index contributed by atoms with van der Waals surface area (Å²) in [5.74, 6) is 0.730. The van der Waals surface area contributed by atoms with E-state index in [0.29, 0.717) is 18.9 Å². The van der Waals surface area contributed by atoms with Gasteiger partial charge in [0, 0.05) is 43.8 Å². The average molecular weight is 557 g/mol. The molecule has 0 radical (unpaired) electrons. The molecule has 3 aromatic rings. The van der Waals surface area contributed by atoms with E-state index in [9.17, 15) is 9.59 Å². The number of piperazine rings is 1. The van der Waals surface area contributed by atoms with Crippen LogP contribution >= 0.6 is 0 Å². The molecule has 0 bridgehead atoms. The molecule has 1 aromatic heterocycles. The highest BCUT2D eigenvalue weighted by Crippen LogP contribution is 2.41. The molecule has 10 nitrogen and oxygen atoms in total. The van der Waals surface area contributed by atoms with Gasteiger partial charge in [0.05, 0.1) is 17.1 Å². The lowest BCUT2D eigenvalue weighted by Crippen LogP contribution is -2.56. The van der Waals surface area contributed by atoms with E-state index in [4.69, 9.17) is 10.1 Å². The van der Waals surface area contributed by atoms with Crippen LogP contribution in [-0.2, 0) is 4.79 Å². The molecule has 2 amide bonds. The van der Waals surface area contributed by atoms with Gasteiger partial charge >= 0.3 is 0 Å². The fourth-order valence-corrected chi connectivity index (χ4v) is 6.57. The fraction of sp³-hybridized carbons (Fsp3) is 0.484. The Bertz CT molecular complexity index is 1430. The molecule has 6 rings (SSSR count). The van der Waals surface area contributed by atoms with Gasteiger partial charge in [-0.1, -0.05) is 17.7 Å². The predicted molar refractivity (Wildman–Crippen MR) is 161 cm³/mol. The predicted octanol–water partition coefficient (Wildman–Crippen LogP) is 2.99. The SMILES string of the molecule is Cc1ccc(-n2nc(C(=O)N3C[C@@H](C)N[C@@H](C)C3)nc2-c2ccc3c(c2)N(C2CCNCC2)[C@H](C)C(=O)N3C)cc1. The molecule has 0 spiro atoms. The van der Waals surface area contributed by atoms with E-state index in [1.807, 2.05) is 62.2 Å². The number of aryl methyl sites for hydroxylation is 1. The molecule has 0 aliphatic carbocycles. The van der Waals surface area contributed by atoms with Crippen LogP contribution in [0.3, 0.4) is 0 Å². The van der Waals surface area contributed by atoms with Crippen LogP contribution in [0.25, 0.3) is 17.1 Å². The second-order valence-corrected chi connectivity index (χ2v) is 11.9. The van der Waals surface area contributed by atoms with Crippen LogP contribution in [0.4, 0.5) is 11.4 Å². The third kappa shape index (κ3) is 5.10. The van der Waals surface area contributed by atoms with Gasteiger partial charge in [0.1, 0.15) is 6.04 Å². The van der Waals surface area contributed by atoms with Gasteiger partial charge in [0.15, 0.2) is 5.82 Å². The number of nitrogens with zero attached hydrogens (tertiary/aromatic N) is 6. The topological polar surface area (TPSA) is 98.6 Å². The Hall–Kier alpha value is -3.76. The molecular weight excluding hydrogens is 516 g/mol. The van der Waals surface area contributed by atoms with Crippen molar-refractivity contribution in [3.8, 4) is 17.1 Å². The van der Waals surface area contributed by atoms with Crippen molar-refractivity contribution in [2.75, 3.05) is 43.0 Å². The monoisotopic (exact) mass is 556 g/mol. The molecule has 41 heavy (non-hydrogen) atoms. The number of fused-ring (bicyclic) bond motifs is 1. The Morgan fingerprint density at radius 1 is 0.951 bits per heavy atom. The molecule has 0 saturated carbocycles. The van der Waals surface area contributed by atoms with Crippen LogP contribution in [0.2, 0.25) is 0 Å². The zero-order chi connectivity index (χ0) is 28.8. The number of hydrogen-bond acceptors (Lipinski definition) is 7. The molecule has 2 aromatic carbocycles. The number of hydrogen-bond donors (Lipinski definition) is 2. The summed E-state index contributed by atoms with van der Waals surface area (Å²) in [6.07, 6.45) is 1.95. The summed E-state index contributed by atoms with van der Waals surface area (Å²) >= 11 is 0. The summed E-state index contributed by atoms with van der Waals surface area (Å²) in [5.41, 5.74) is 4.74. The Morgan fingerprint density at radius 3 is 2.32 bits per heavy atom. The Balaban J connectivity index is 1.45. The van der Waals surface area contributed by atoms with Crippen LogP contribution < -0.4 is 20.4 Å². The number of aromatic nitrogens is 3. The normalized spacial score (nSPS) is 23.6. The standard InChI is InChI=1S/C31H40N8O2/c1-19-6-9-25(10-7-19)39-29(34-28(35-39)31(41)37-17-20(2)33-21(3)18-37)23-8-11-26-27(16-23)38(22(4)30(40)36(26)5)24-12-14-32-15-13-24/h6-11,16,20-22,24,32-33H,12-15,17-18H2,1-5H3/t20-,21+,22-/m1/s1. The second kappa shape index (κ2) is 10.9. The van der Waals surface area contributed by atoms with E-state index >= 15 is 0 Å². The summed E-state index contributed by atoms with van der Waals surface area (Å²) in [6.45, 7) is 11.3. The maximum absolute atomic E-state index is 13.7. The van der Waals surface area contributed by atoms with E-state index in [1.54, 1.807) is 9.58 Å². The highest BCUT2D eigenvalue weighted by molar-refractivity contribution is 6.05. The van der Waals surface area contributed by atoms with Gasteiger partial charge < -0.3 is 25.3 Å². The van der Waals surface area contributed by atoms with Gasteiger partial charge in [-0.05, 0) is 84.0 Å². The smallest absolute Gasteiger partial charge is 0.293 e. The van der Waals surface area contributed by atoms with Crippen molar-refractivity contribution in [3.63, 3.8) is 0 Å². The van der Waals surface area contributed by atoms with E-state index in [-0.39, 0.29) is 41.8 Å². The Kier molecular flexibility index (Phi) is 7.29. The number of carbonyl (C=O) groups is 2. The van der Waals surface area contributed by atoms with Crippen molar-refractivity contribution in [1.82, 2.24) is 30.3 Å². The minimum Gasteiger partial charge on any atom is -0.355 e. The fourth-order valence-electron chi connectivity index (χ4n) is 6.57. The third-order valence-corrected chi connectivity index (χ3v) is 8.60. The second-order valence-electron chi connectivity index (χ2n) is 11.9. The number of likely N-dealkylation sites (N-methyl/N-ethyl adjacent to an activating group) is 1. The van der Waals surface area contributed by atoms with E-state index < -0.39 is 0 Å². The highest BCUT2D eigenvalue weighted by atomic mass is 16.2. The van der Waals surface area contributed by atoms with Gasteiger partial charge in [0.25, 0.3) is 5.91 Å². The number of benzene rings is 2. The van der Waals surface area contributed by atoms with E-state index in [0.717, 1.165) is 54.1 Å². The van der Waals surface area contributed by atoms with E-state index in [2.05, 4.69) is 35.4 Å². The van der Waals surface area contributed by atoms with Gasteiger partial charge in [-0.15, -0.1) is 5.10 Å². The number of carbonyl (C=O) groups excluding carboxylic acids is 2. The van der Waals surface area contributed by atoms with Crippen molar-refractivity contribution >= 4 is 23.2 Å². The quantitative estimate of drug-likeness (QED) is 0.510. The molecule has 2 saturated heterocycles. The molecular formula is C31H40N8O2. The van der Waals surface area contributed by atoms with Crippen molar-refractivity contribution in [3.05, 3.63) is 53.9 Å². The first kappa shape index (κ1) is 27.4. The summed E-state index contributed by atoms with van der Waals surface area (Å²) in [5, 5.41) is 11.7. The zero-order valence-corrected chi connectivity index (χ0v) is 24.6. The maximum atomic E-state index is 13.7. The minimum atomic E-state index is -0.269. The largest absolute Gasteiger partial charge is 0.355 e. The molecule has 4 heterocycles. The van der Waals surface area contributed by atoms with Crippen molar-refractivity contribution in [2.45, 2.75) is 64.7 Å². The lowest BCUT2D eigenvalue weighted by atomic mass is 9.97. The van der Waals surface area contributed by atoms with Crippen molar-refractivity contribution < 1.29 is 9.59 Å². The molecule has 2 fully saturated rings. The molecule has 3 atom stereocenters. The zero-order valence-electron chi connectivity index (χ0n) is 24.6. The third-order valence-electron chi connectivity index (χ3n) is 8.60. The molecule has 216 valence electrons. The first-order chi connectivity index (χ1) is 19.7. The molecule has 10 heteroatoms. The minimum absolute atomic E-state index is 0.0963. The van der Waals surface area contributed by atoms with Gasteiger partial charge in [0.2, 0.25) is 11.7 Å². The Labute approximate surface area is 241 Å². The van der Waals surface area contributed by atoms with Crippen LogP contribution in [0.5, 0.6) is 0 Å².